The van der Waals surface area contributed by atoms with Crippen molar-refractivity contribution in [1.82, 2.24) is 10.0 Å². The zero-order valence-electron chi connectivity index (χ0n) is 19.0. The van der Waals surface area contributed by atoms with Gasteiger partial charge in [-0.25, -0.2) is 9.80 Å². The van der Waals surface area contributed by atoms with Crippen LogP contribution < -0.4 is 0 Å². The average Bonchev–Trinajstić information content (AvgIpc) is 3.49. The minimum absolute atomic E-state index is 0.0725. The third-order valence-corrected chi connectivity index (χ3v) is 8.73. The molecule has 1 aromatic carbocycles. The zero-order chi connectivity index (χ0) is 24.6. The van der Waals surface area contributed by atoms with Crippen molar-refractivity contribution in [3.63, 3.8) is 0 Å². The van der Waals surface area contributed by atoms with Gasteiger partial charge in [0.15, 0.2) is 0 Å². The van der Waals surface area contributed by atoms with E-state index in [0.717, 1.165) is 58.4 Å². The molecule has 9 heteroatoms. The second kappa shape index (κ2) is 12.6. The first-order valence-electron chi connectivity index (χ1n) is 11.3. The summed E-state index contributed by atoms with van der Waals surface area (Å²) in [7, 11) is 0. The Labute approximate surface area is 222 Å². The molecular weight excluding hydrogens is 520 g/mol. The van der Waals surface area contributed by atoms with Crippen molar-refractivity contribution in [2.75, 3.05) is 25.4 Å². The van der Waals surface area contributed by atoms with Crippen LogP contribution >= 0.6 is 46.0 Å². The van der Waals surface area contributed by atoms with Crippen molar-refractivity contribution in [2.45, 2.75) is 25.7 Å². The summed E-state index contributed by atoms with van der Waals surface area (Å²) >= 11 is 10.2. The van der Waals surface area contributed by atoms with Gasteiger partial charge < -0.3 is 5.11 Å². The molecule has 35 heavy (non-hydrogen) atoms. The van der Waals surface area contributed by atoms with Crippen molar-refractivity contribution in [1.29, 1.82) is 0 Å². The molecule has 0 bridgehead atoms. The van der Waals surface area contributed by atoms with Gasteiger partial charge in [-0.2, -0.15) is 0 Å². The Morgan fingerprint density at radius 2 is 1.97 bits per heavy atom. The molecule has 0 radical (unpaired) electrons. The predicted octanol–water partition coefficient (Wildman–Crippen LogP) is 6.51. The maximum Gasteiger partial charge on any atom is 0.345 e. The number of halogens is 1. The number of unbranched alkanes of at least 4 members (excludes halogenated alkanes) is 1. The number of hydrazine groups is 1. The fourth-order valence-electron chi connectivity index (χ4n) is 3.81. The summed E-state index contributed by atoms with van der Waals surface area (Å²) in [5.74, 6) is 6.23. The topological polar surface area (TPSA) is 60.9 Å². The highest BCUT2D eigenvalue weighted by Crippen LogP contribution is 2.23. The van der Waals surface area contributed by atoms with E-state index in [9.17, 15) is 9.59 Å². The van der Waals surface area contributed by atoms with Crippen LogP contribution in [0.4, 0.5) is 4.79 Å². The Bertz CT molecular complexity index is 1240. The number of carboxylic acid groups (broad SMARTS) is 1. The molecule has 0 atom stereocenters. The van der Waals surface area contributed by atoms with Gasteiger partial charge in [0.25, 0.3) is 5.24 Å². The van der Waals surface area contributed by atoms with Crippen LogP contribution in [0.3, 0.4) is 0 Å². The van der Waals surface area contributed by atoms with E-state index in [0.29, 0.717) is 17.8 Å². The van der Waals surface area contributed by atoms with Crippen molar-refractivity contribution >= 4 is 57.2 Å². The van der Waals surface area contributed by atoms with Crippen LogP contribution in [0.15, 0.2) is 47.8 Å². The molecule has 3 heterocycles. The number of benzene rings is 1. The monoisotopic (exact) mass is 544 g/mol. The summed E-state index contributed by atoms with van der Waals surface area (Å²) in [6.45, 7) is 2.24. The number of carbonyl (C=O) groups is 2. The Morgan fingerprint density at radius 1 is 1.09 bits per heavy atom. The fourth-order valence-corrected chi connectivity index (χ4v) is 6.31. The SMILES string of the molecule is O=C(O)c1ccc(CCN2C(=O)SCCN2CCCCc2cccc(C#Cc3ccsc3Cl)c2)s1. The summed E-state index contributed by atoms with van der Waals surface area (Å²) < 4.78 is 0.720. The molecule has 0 unspecified atom stereocenters. The summed E-state index contributed by atoms with van der Waals surface area (Å²) in [5.41, 5.74) is 3.10. The first-order valence-corrected chi connectivity index (χ1v) is 14.4. The van der Waals surface area contributed by atoms with E-state index in [2.05, 4.69) is 29.0 Å². The molecule has 182 valence electrons. The van der Waals surface area contributed by atoms with Gasteiger partial charge in [0.05, 0.1) is 5.56 Å². The molecule has 5 nitrogen and oxygen atoms in total. The van der Waals surface area contributed by atoms with E-state index >= 15 is 0 Å². The Morgan fingerprint density at radius 3 is 2.74 bits per heavy atom. The Balaban J connectivity index is 1.26. The molecule has 1 amide bonds. The van der Waals surface area contributed by atoms with E-state index in [1.165, 1.54) is 40.0 Å². The van der Waals surface area contributed by atoms with Crippen molar-refractivity contribution < 1.29 is 14.7 Å². The predicted molar refractivity (Wildman–Crippen MR) is 146 cm³/mol. The molecule has 1 fully saturated rings. The van der Waals surface area contributed by atoms with Gasteiger partial charge in [-0.15, -0.1) is 22.7 Å². The van der Waals surface area contributed by atoms with Crippen molar-refractivity contribution in [3.8, 4) is 11.8 Å². The van der Waals surface area contributed by atoms with Gasteiger partial charge in [0.1, 0.15) is 9.21 Å². The number of carbonyl (C=O) groups excluding carboxylic acids is 1. The third-order valence-electron chi connectivity index (χ3n) is 5.59. The fraction of sp³-hybridized carbons (Fsp3) is 0.308. The van der Waals surface area contributed by atoms with E-state index in [1.54, 1.807) is 6.07 Å². The molecule has 1 saturated heterocycles. The van der Waals surface area contributed by atoms with Gasteiger partial charge in [-0.1, -0.05) is 47.3 Å². The molecular formula is C26H25ClN2O3S3. The smallest absolute Gasteiger partial charge is 0.345 e. The molecule has 0 spiro atoms. The van der Waals surface area contributed by atoms with Gasteiger partial charge in [0, 0.05) is 42.2 Å². The van der Waals surface area contributed by atoms with Crippen LogP contribution in [0.5, 0.6) is 0 Å². The van der Waals surface area contributed by atoms with E-state index < -0.39 is 5.97 Å². The maximum atomic E-state index is 12.5. The van der Waals surface area contributed by atoms with Crippen LogP contribution in [-0.2, 0) is 12.8 Å². The molecule has 1 aliphatic rings. The summed E-state index contributed by atoms with van der Waals surface area (Å²) in [6, 6.07) is 13.7. The number of hydrogen-bond donors (Lipinski definition) is 1. The number of amides is 1. The Kier molecular flexibility index (Phi) is 9.30. The van der Waals surface area contributed by atoms with E-state index in [4.69, 9.17) is 16.7 Å². The van der Waals surface area contributed by atoms with Crippen LogP contribution in [0.25, 0.3) is 0 Å². The largest absolute Gasteiger partial charge is 0.477 e. The second-order valence-electron chi connectivity index (χ2n) is 8.03. The van der Waals surface area contributed by atoms with Gasteiger partial charge in [-0.3, -0.25) is 9.80 Å². The van der Waals surface area contributed by atoms with Gasteiger partial charge in [-0.05, 0) is 60.5 Å². The molecule has 0 aliphatic carbocycles. The van der Waals surface area contributed by atoms with Gasteiger partial charge >= 0.3 is 5.97 Å². The van der Waals surface area contributed by atoms with Crippen LogP contribution in [0.2, 0.25) is 4.34 Å². The summed E-state index contributed by atoms with van der Waals surface area (Å²) in [5, 5.41) is 15.1. The lowest BCUT2D eigenvalue weighted by Crippen LogP contribution is -2.50. The number of rotatable bonds is 9. The normalized spacial score (nSPS) is 14.1. The number of aromatic carboxylic acids is 1. The first kappa shape index (κ1) is 25.8. The molecule has 1 aliphatic heterocycles. The molecule has 1 N–H and O–H groups in total. The van der Waals surface area contributed by atoms with Crippen molar-refractivity contribution in [2.24, 2.45) is 0 Å². The third kappa shape index (κ3) is 7.35. The minimum atomic E-state index is -0.906. The van der Waals surface area contributed by atoms with Crippen LogP contribution in [0, 0.1) is 11.8 Å². The number of aryl methyl sites for hydroxylation is 1. The van der Waals surface area contributed by atoms with Crippen LogP contribution in [0.1, 0.15) is 44.1 Å². The highest BCUT2D eigenvalue weighted by Gasteiger charge is 2.26. The number of thiophene rings is 2. The first-order chi connectivity index (χ1) is 17.0. The molecule has 0 saturated carbocycles. The number of nitrogens with zero attached hydrogens (tertiary/aromatic N) is 2. The second-order valence-corrected chi connectivity index (χ2v) is 11.8. The summed E-state index contributed by atoms with van der Waals surface area (Å²) in [6.07, 6.45) is 3.62. The standard InChI is InChI=1S/C26H25ClN2O3S3/c27-24-21(12-16-33-24)8-7-20-6-3-5-19(18-20)4-1-2-13-28-15-17-34-26(32)29(28)14-11-22-9-10-23(35-22)25(30)31/h3,5-6,9-10,12,16,18H,1-2,4,11,13-15,17H2,(H,30,31). The van der Waals surface area contributed by atoms with E-state index in [-0.39, 0.29) is 5.24 Å². The average molecular weight is 545 g/mol. The number of hydrogen-bond acceptors (Lipinski definition) is 6. The van der Waals surface area contributed by atoms with E-state index in [1.807, 2.05) is 34.7 Å². The molecule has 2 aromatic heterocycles. The molecule has 4 rings (SSSR count). The molecule has 3 aromatic rings. The Hall–Kier alpha value is -2.28. The maximum absolute atomic E-state index is 12.5. The van der Waals surface area contributed by atoms with Gasteiger partial charge in [0.2, 0.25) is 0 Å². The lowest BCUT2D eigenvalue weighted by Gasteiger charge is -2.38. The quantitative estimate of drug-likeness (QED) is 0.246. The van der Waals surface area contributed by atoms with Crippen LogP contribution in [-0.4, -0.2) is 51.7 Å². The zero-order valence-corrected chi connectivity index (χ0v) is 22.2. The van der Waals surface area contributed by atoms with Crippen molar-refractivity contribution in [3.05, 3.63) is 78.6 Å². The highest BCUT2D eigenvalue weighted by molar-refractivity contribution is 8.13. The number of carboxylic acids is 1. The number of thioether (sulfide) groups is 1. The highest BCUT2D eigenvalue weighted by atomic mass is 35.5. The minimum Gasteiger partial charge on any atom is -0.477 e. The summed E-state index contributed by atoms with van der Waals surface area (Å²) in [4.78, 5) is 25.0. The lowest BCUT2D eigenvalue weighted by molar-refractivity contribution is 0.0270. The lowest BCUT2D eigenvalue weighted by atomic mass is 10.1.